The Morgan fingerprint density at radius 3 is 2.63 bits per heavy atom. The van der Waals surface area contributed by atoms with Gasteiger partial charge < -0.3 is 9.26 Å². The van der Waals surface area contributed by atoms with E-state index in [9.17, 15) is 9.59 Å². The third-order valence-electron chi connectivity index (χ3n) is 3.55. The van der Waals surface area contributed by atoms with Gasteiger partial charge in [-0.2, -0.15) is 0 Å². The lowest BCUT2D eigenvalue weighted by Crippen LogP contribution is -2.21. The number of nitrogens with zero attached hydrogens (tertiary/aromatic N) is 1. The number of ketones is 1. The first-order chi connectivity index (χ1) is 9.15. The molecular weight excluding hydrogens is 246 g/mol. The number of hydrogen-bond acceptors (Lipinski definition) is 5. The molecule has 0 spiro atoms. The van der Waals surface area contributed by atoms with Crippen LogP contribution in [0.2, 0.25) is 0 Å². The molecule has 1 aromatic heterocycles. The van der Waals surface area contributed by atoms with Crippen LogP contribution in [0.3, 0.4) is 0 Å². The van der Waals surface area contributed by atoms with Gasteiger partial charge in [-0.25, -0.2) is 4.79 Å². The summed E-state index contributed by atoms with van der Waals surface area (Å²) in [4.78, 5) is 24.3. The molecule has 2 rings (SSSR count). The number of rotatable bonds is 4. The number of esters is 1. The fourth-order valence-corrected chi connectivity index (χ4v) is 2.57. The third-order valence-corrected chi connectivity index (χ3v) is 3.55. The number of aryl methyl sites for hydroxylation is 1. The van der Waals surface area contributed by atoms with E-state index in [2.05, 4.69) is 5.16 Å². The summed E-state index contributed by atoms with van der Waals surface area (Å²) in [5.74, 6) is -0.223. The standard InChI is InChI=1S/C14H19NO4/c1-3-18-14(17)12-11(9(2)19-15-12)13(16)10-7-5-4-6-8-10/h10H,3-8H2,1-2H3. The third kappa shape index (κ3) is 2.85. The van der Waals surface area contributed by atoms with Crippen LogP contribution in [0, 0.1) is 12.8 Å². The fraction of sp³-hybridized carbons (Fsp3) is 0.643. The second kappa shape index (κ2) is 5.99. The van der Waals surface area contributed by atoms with Crippen LogP contribution >= 0.6 is 0 Å². The van der Waals surface area contributed by atoms with Crippen LogP contribution < -0.4 is 0 Å². The SMILES string of the molecule is CCOC(=O)c1noc(C)c1C(=O)C1CCCCC1. The highest BCUT2D eigenvalue weighted by atomic mass is 16.5. The Labute approximate surface area is 112 Å². The van der Waals surface area contributed by atoms with Gasteiger partial charge in [-0.1, -0.05) is 24.4 Å². The zero-order chi connectivity index (χ0) is 13.8. The van der Waals surface area contributed by atoms with Crippen molar-refractivity contribution in [1.29, 1.82) is 0 Å². The minimum atomic E-state index is -0.585. The molecular formula is C14H19NO4. The Balaban J connectivity index is 2.25. The zero-order valence-electron chi connectivity index (χ0n) is 11.4. The lowest BCUT2D eigenvalue weighted by molar-refractivity contribution is 0.0510. The average Bonchev–Trinajstić information content (AvgIpc) is 2.81. The van der Waals surface area contributed by atoms with E-state index in [0.717, 1.165) is 25.7 Å². The smallest absolute Gasteiger partial charge is 0.361 e. The highest BCUT2D eigenvalue weighted by molar-refractivity contribution is 6.06. The number of carbonyl (C=O) groups excluding carboxylic acids is 2. The Kier molecular flexibility index (Phi) is 4.35. The second-order valence-corrected chi connectivity index (χ2v) is 4.88. The first-order valence-electron chi connectivity index (χ1n) is 6.82. The van der Waals surface area contributed by atoms with Crippen LogP contribution in [-0.4, -0.2) is 23.5 Å². The fourth-order valence-electron chi connectivity index (χ4n) is 2.57. The van der Waals surface area contributed by atoms with Crippen molar-refractivity contribution in [1.82, 2.24) is 5.16 Å². The van der Waals surface area contributed by atoms with Crippen LogP contribution in [-0.2, 0) is 4.74 Å². The Bertz CT molecular complexity index is 472. The Hall–Kier alpha value is -1.65. The molecule has 5 nitrogen and oxygen atoms in total. The summed E-state index contributed by atoms with van der Waals surface area (Å²) >= 11 is 0. The molecule has 0 saturated heterocycles. The van der Waals surface area contributed by atoms with Gasteiger partial charge in [-0.15, -0.1) is 0 Å². The number of hydrogen-bond donors (Lipinski definition) is 0. The lowest BCUT2D eigenvalue weighted by Gasteiger charge is -2.19. The normalized spacial score (nSPS) is 16.3. The summed E-state index contributed by atoms with van der Waals surface area (Å²) in [6, 6.07) is 0. The molecule has 1 aliphatic rings. The summed E-state index contributed by atoms with van der Waals surface area (Å²) in [7, 11) is 0. The van der Waals surface area contributed by atoms with Crippen LogP contribution in [0.15, 0.2) is 4.52 Å². The van der Waals surface area contributed by atoms with Crippen molar-refractivity contribution in [3.05, 3.63) is 17.0 Å². The van der Waals surface area contributed by atoms with Crippen LogP contribution in [0.25, 0.3) is 0 Å². The maximum Gasteiger partial charge on any atom is 0.361 e. The summed E-state index contributed by atoms with van der Waals surface area (Å²) < 4.78 is 9.91. The molecule has 0 atom stereocenters. The predicted molar refractivity (Wildman–Crippen MR) is 68.1 cm³/mol. The molecule has 1 heterocycles. The number of carbonyl (C=O) groups is 2. The summed E-state index contributed by atoms with van der Waals surface area (Å²) in [5.41, 5.74) is 0.334. The van der Waals surface area contributed by atoms with E-state index in [4.69, 9.17) is 9.26 Å². The summed E-state index contributed by atoms with van der Waals surface area (Å²) in [5, 5.41) is 3.68. The first kappa shape index (κ1) is 13.8. The monoisotopic (exact) mass is 265 g/mol. The van der Waals surface area contributed by atoms with E-state index in [1.807, 2.05) is 0 Å². The largest absolute Gasteiger partial charge is 0.461 e. The molecule has 5 heteroatoms. The van der Waals surface area contributed by atoms with Crippen molar-refractivity contribution < 1.29 is 18.8 Å². The highest BCUT2D eigenvalue weighted by Gasteiger charge is 2.31. The van der Waals surface area contributed by atoms with Crippen molar-refractivity contribution in [3.63, 3.8) is 0 Å². The van der Waals surface area contributed by atoms with Crippen LogP contribution in [0.4, 0.5) is 0 Å². The molecule has 19 heavy (non-hydrogen) atoms. The summed E-state index contributed by atoms with van der Waals surface area (Å²) in [6.45, 7) is 3.63. The zero-order valence-corrected chi connectivity index (χ0v) is 11.4. The quantitative estimate of drug-likeness (QED) is 0.618. The van der Waals surface area contributed by atoms with Crippen molar-refractivity contribution >= 4 is 11.8 Å². The van der Waals surface area contributed by atoms with E-state index in [-0.39, 0.29) is 24.0 Å². The number of ether oxygens (including phenoxy) is 1. The highest BCUT2D eigenvalue weighted by Crippen LogP contribution is 2.29. The van der Waals surface area contributed by atoms with E-state index >= 15 is 0 Å². The van der Waals surface area contributed by atoms with Gasteiger partial charge in [0.15, 0.2) is 5.78 Å². The minimum Gasteiger partial charge on any atom is -0.461 e. The minimum absolute atomic E-state index is 0.0139. The number of aromatic nitrogens is 1. The molecule has 0 unspecified atom stereocenters. The molecule has 104 valence electrons. The van der Waals surface area contributed by atoms with Gasteiger partial charge in [0.2, 0.25) is 5.69 Å². The molecule has 0 aromatic carbocycles. The topological polar surface area (TPSA) is 69.4 Å². The molecule has 0 amide bonds. The van der Waals surface area contributed by atoms with Gasteiger partial charge >= 0.3 is 5.97 Å². The van der Waals surface area contributed by atoms with E-state index < -0.39 is 5.97 Å². The van der Waals surface area contributed by atoms with Crippen LogP contribution in [0.5, 0.6) is 0 Å². The van der Waals surface area contributed by atoms with Crippen molar-refractivity contribution in [2.75, 3.05) is 6.61 Å². The maximum absolute atomic E-state index is 12.5. The molecule has 0 aliphatic heterocycles. The van der Waals surface area contributed by atoms with Crippen molar-refractivity contribution in [3.8, 4) is 0 Å². The second-order valence-electron chi connectivity index (χ2n) is 4.88. The molecule has 1 aromatic rings. The van der Waals surface area contributed by atoms with Gasteiger partial charge in [0, 0.05) is 5.92 Å². The first-order valence-corrected chi connectivity index (χ1v) is 6.82. The van der Waals surface area contributed by atoms with E-state index in [1.165, 1.54) is 6.42 Å². The Morgan fingerprint density at radius 1 is 1.32 bits per heavy atom. The van der Waals surface area contributed by atoms with E-state index in [0.29, 0.717) is 11.3 Å². The van der Waals surface area contributed by atoms with Crippen molar-refractivity contribution in [2.45, 2.75) is 46.0 Å². The van der Waals surface area contributed by atoms with Crippen molar-refractivity contribution in [2.24, 2.45) is 5.92 Å². The van der Waals surface area contributed by atoms with Gasteiger partial charge in [-0.05, 0) is 26.7 Å². The molecule has 0 radical (unpaired) electrons. The van der Waals surface area contributed by atoms with Crippen LogP contribution in [0.1, 0.15) is 65.6 Å². The van der Waals surface area contributed by atoms with Gasteiger partial charge in [0.05, 0.1) is 12.2 Å². The van der Waals surface area contributed by atoms with E-state index in [1.54, 1.807) is 13.8 Å². The molecule has 1 fully saturated rings. The van der Waals surface area contributed by atoms with Gasteiger partial charge in [0.25, 0.3) is 0 Å². The molecule has 0 N–H and O–H groups in total. The number of Topliss-reactive ketones (excluding diaryl/α,β-unsaturated/α-hetero) is 1. The predicted octanol–water partition coefficient (Wildman–Crippen LogP) is 2.92. The summed E-state index contributed by atoms with van der Waals surface area (Å²) in [6.07, 6.45) is 5.07. The maximum atomic E-state index is 12.5. The molecule has 1 saturated carbocycles. The van der Waals surface area contributed by atoms with Gasteiger partial charge in [-0.3, -0.25) is 4.79 Å². The molecule has 0 bridgehead atoms. The lowest BCUT2D eigenvalue weighted by atomic mass is 9.83. The molecule has 1 aliphatic carbocycles. The Morgan fingerprint density at radius 2 is 2.00 bits per heavy atom. The average molecular weight is 265 g/mol. The van der Waals surface area contributed by atoms with Gasteiger partial charge in [0.1, 0.15) is 5.76 Å².